The van der Waals surface area contributed by atoms with E-state index in [4.69, 9.17) is 4.74 Å². The molecule has 0 spiro atoms. The summed E-state index contributed by atoms with van der Waals surface area (Å²) < 4.78 is 18.5. The molecule has 8 heteroatoms. The van der Waals surface area contributed by atoms with Crippen LogP contribution >= 0.6 is 11.3 Å². The molecule has 2 aromatic carbocycles. The van der Waals surface area contributed by atoms with Gasteiger partial charge in [0.1, 0.15) is 11.6 Å². The lowest BCUT2D eigenvalue weighted by molar-refractivity contribution is -0.116. The lowest BCUT2D eigenvalue weighted by atomic mass is 10.1. The fourth-order valence-corrected chi connectivity index (χ4v) is 3.29. The van der Waals surface area contributed by atoms with Gasteiger partial charge in [0, 0.05) is 36.0 Å². The van der Waals surface area contributed by atoms with Crippen LogP contribution in [-0.4, -0.2) is 23.4 Å². The van der Waals surface area contributed by atoms with Crippen molar-refractivity contribution < 1.29 is 18.7 Å². The molecule has 3 aromatic rings. The van der Waals surface area contributed by atoms with Crippen molar-refractivity contribution in [1.82, 2.24) is 4.98 Å². The standard InChI is InChI=1S/C21H20FN3O3S/c1-14(26)23-17-9-7-15(8-10-17)19-13-29-21(24-19)25-20(27)6-3-11-28-18-5-2-4-16(22)12-18/h2,4-5,7-10,12-13H,3,6,11H2,1H3,(H,23,26)(H,24,25,27). The van der Waals surface area contributed by atoms with Gasteiger partial charge in [-0.2, -0.15) is 0 Å². The van der Waals surface area contributed by atoms with Crippen LogP contribution in [0.2, 0.25) is 0 Å². The lowest BCUT2D eigenvalue weighted by Gasteiger charge is -2.06. The minimum atomic E-state index is -0.357. The second kappa shape index (κ2) is 9.79. The zero-order valence-electron chi connectivity index (χ0n) is 15.8. The van der Waals surface area contributed by atoms with Gasteiger partial charge in [-0.15, -0.1) is 11.3 Å². The number of hydrogen-bond donors (Lipinski definition) is 2. The van der Waals surface area contributed by atoms with Crippen molar-refractivity contribution in [2.75, 3.05) is 17.2 Å². The van der Waals surface area contributed by atoms with Gasteiger partial charge in [-0.3, -0.25) is 9.59 Å². The highest BCUT2D eigenvalue weighted by Gasteiger charge is 2.09. The van der Waals surface area contributed by atoms with Gasteiger partial charge in [-0.05, 0) is 30.7 Å². The Labute approximate surface area is 171 Å². The molecule has 0 radical (unpaired) electrons. The van der Waals surface area contributed by atoms with Gasteiger partial charge in [0.05, 0.1) is 12.3 Å². The van der Waals surface area contributed by atoms with E-state index in [-0.39, 0.29) is 24.1 Å². The van der Waals surface area contributed by atoms with Crippen molar-refractivity contribution in [3.63, 3.8) is 0 Å². The maximum absolute atomic E-state index is 13.1. The summed E-state index contributed by atoms with van der Waals surface area (Å²) in [6, 6.07) is 13.2. The Balaban J connectivity index is 1.45. The van der Waals surface area contributed by atoms with Crippen molar-refractivity contribution >= 4 is 34.0 Å². The van der Waals surface area contributed by atoms with Gasteiger partial charge in [0.2, 0.25) is 11.8 Å². The maximum Gasteiger partial charge on any atom is 0.226 e. The zero-order chi connectivity index (χ0) is 20.6. The van der Waals surface area contributed by atoms with E-state index >= 15 is 0 Å². The Kier molecular flexibility index (Phi) is 6.91. The van der Waals surface area contributed by atoms with Crippen LogP contribution in [0.15, 0.2) is 53.9 Å². The molecule has 29 heavy (non-hydrogen) atoms. The molecule has 0 aliphatic heterocycles. The Bertz CT molecular complexity index is 989. The summed E-state index contributed by atoms with van der Waals surface area (Å²) in [7, 11) is 0. The number of anilines is 2. The van der Waals surface area contributed by atoms with E-state index < -0.39 is 0 Å². The molecule has 0 saturated carbocycles. The summed E-state index contributed by atoms with van der Waals surface area (Å²) in [5.41, 5.74) is 2.35. The molecule has 0 bridgehead atoms. The minimum absolute atomic E-state index is 0.127. The lowest BCUT2D eigenvalue weighted by Crippen LogP contribution is -2.12. The number of ether oxygens (including phenoxy) is 1. The number of thiazole rings is 1. The SMILES string of the molecule is CC(=O)Nc1ccc(-c2csc(NC(=O)CCCOc3cccc(F)c3)n2)cc1. The molecule has 1 heterocycles. The first kappa shape index (κ1) is 20.5. The number of hydrogen-bond acceptors (Lipinski definition) is 5. The monoisotopic (exact) mass is 413 g/mol. The maximum atomic E-state index is 13.1. The molecule has 3 rings (SSSR count). The molecular weight excluding hydrogens is 393 g/mol. The first-order valence-corrected chi connectivity index (χ1v) is 9.89. The van der Waals surface area contributed by atoms with Crippen molar-refractivity contribution in [2.45, 2.75) is 19.8 Å². The van der Waals surface area contributed by atoms with E-state index in [9.17, 15) is 14.0 Å². The molecular formula is C21H20FN3O3S. The third-order valence-corrected chi connectivity index (χ3v) is 4.62. The summed E-state index contributed by atoms with van der Waals surface area (Å²) >= 11 is 1.34. The third kappa shape index (κ3) is 6.39. The molecule has 2 amide bonds. The number of rotatable bonds is 8. The fourth-order valence-electron chi connectivity index (χ4n) is 2.55. The number of carbonyl (C=O) groups excluding carboxylic acids is 2. The van der Waals surface area contributed by atoms with Crippen LogP contribution in [-0.2, 0) is 9.59 Å². The van der Waals surface area contributed by atoms with Gasteiger partial charge in [-0.1, -0.05) is 18.2 Å². The number of halogens is 1. The summed E-state index contributed by atoms with van der Waals surface area (Å²) in [5, 5.41) is 7.86. The molecule has 0 aliphatic rings. The molecule has 1 aromatic heterocycles. The third-order valence-electron chi connectivity index (χ3n) is 3.86. The molecule has 0 unspecified atom stereocenters. The molecule has 0 aliphatic carbocycles. The van der Waals surface area contributed by atoms with Crippen LogP contribution in [0.4, 0.5) is 15.2 Å². The van der Waals surface area contributed by atoms with Gasteiger partial charge >= 0.3 is 0 Å². The molecule has 2 N–H and O–H groups in total. The van der Waals surface area contributed by atoms with Crippen LogP contribution in [0.5, 0.6) is 5.75 Å². The average molecular weight is 413 g/mol. The predicted octanol–water partition coefficient (Wildman–Crippen LogP) is 4.71. The highest BCUT2D eigenvalue weighted by molar-refractivity contribution is 7.14. The van der Waals surface area contributed by atoms with Crippen molar-refractivity contribution in [2.24, 2.45) is 0 Å². The highest BCUT2D eigenvalue weighted by atomic mass is 32.1. The Morgan fingerprint density at radius 2 is 1.93 bits per heavy atom. The number of nitrogens with one attached hydrogen (secondary N) is 2. The average Bonchev–Trinajstić information content (AvgIpc) is 3.14. The van der Waals surface area contributed by atoms with E-state index in [0.717, 1.165) is 11.3 Å². The summed E-state index contributed by atoms with van der Waals surface area (Å²) in [6.45, 7) is 1.78. The first-order valence-electron chi connectivity index (χ1n) is 9.01. The number of benzene rings is 2. The van der Waals surface area contributed by atoms with Crippen LogP contribution in [0.25, 0.3) is 11.3 Å². The van der Waals surface area contributed by atoms with Crippen molar-refractivity contribution in [1.29, 1.82) is 0 Å². The number of nitrogens with zero attached hydrogens (tertiary/aromatic N) is 1. The highest BCUT2D eigenvalue weighted by Crippen LogP contribution is 2.26. The van der Waals surface area contributed by atoms with Gasteiger partial charge in [0.15, 0.2) is 5.13 Å². The number of aromatic nitrogens is 1. The topological polar surface area (TPSA) is 80.3 Å². The van der Waals surface area contributed by atoms with Crippen molar-refractivity contribution in [3.05, 3.63) is 59.7 Å². The van der Waals surface area contributed by atoms with E-state index in [1.165, 1.54) is 30.4 Å². The number of carbonyl (C=O) groups is 2. The molecule has 150 valence electrons. The molecule has 0 atom stereocenters. The van der Waals surface area contributed by atoms with Crippen LogP contribution < -0.4 is 15.4 Å². The summed E-state index contributed by atoms with van der Waals surface area (Å²) in [4.78, 5) is 27.6. The minimum Gasteiger partial charge on any atom is -0.493 e. The van der Waals surface area contributed by atoms with Crippen LogP contribution in [0.3, 0.4) is 0 Å². The Morgan fingerprint density at radius 1 is 1.14 bits per heavy atom. The fraction of sp³-hybridized carbons (Fsp3) is 0.190. The van der Waals surface area contributed by atoms with Crippen LogP contribution in [0.1, 0.15) is 19.8 Å². The van der Waals surface area contributed by atoms with E-state index in [1.54, 1.807) is 24.3 Å². The normalized spacial score (nSPS) is 10.4. The first-order chi connectivity index (χ1) is 14.0. The quantitative estimate of drug-likeness (QED) is 0.525. The zero-order valence-corrected chi connectivity index (χ0v) is 16.6. The summed E-state index contributed by atoms with van der Waals surface area (Å²) in [5.74, 6) is -0.198. The molecule has 6 nitrogen and oxygen atoms in total. The van der Waals surface area contributed by atoms with Gasteiger partial charge < -0.3 is 15.4 Å². The largest absolute Gasteiger partial charge is 0.493 e. The summed E-state index contributed by atoms with van der Waals surface area (Å²) in [6.07, 6.45) is 0.779. The van der Waals surface area contributed by atoms with Crippen molar-refractivity contribution in [3.8, 4) is 17.0 Å². The van der Waals surface area contributed by atoms with Gasteiger partial charge in [0.25, 0.3) is 0 Å². The molecule has 0 saturated heterocycles. The smallest absolute Gasteiger partial charge is 0.226 e. The predicted molar refractivity (Wildman–Crippen MR) is 112 cm³/mol. The van der Waals surface area contributed by atoms with Gasteiger partial charge in [-0.25, -0.2) is 9.37 Å². The van der Waals surface area contributed by atoms with Crippen LogP contribution in [0, 0.1) is 5.82 Å². The Hall–Kier alpha value is -3.26. The van der Waals surface area contributed by atoms with E-state index in [0.29, 0.717) is 29.6 Å². The number of amides is 2. The second-order valence-electron chi connectivity index (χ2n) is 6.25. The van der Waals surface area contributed by atoms with E-state index in [1.807, 2.05) is 17.5 Å². The molecule has 0 fully saturated rings. The second-order valence-corrected chi connectivity index (χ2v) is 7.11. The Morgan fingerprint density at radius 3 is 2.66 bits per heavy atom. The van der Waals surface area contributed by atoms with E-state index in [2.05, 4.69) is 15.6 Å².